The van der Waals surface area contributed by atoms with Crippen molar-refractivity contribution in [1.29, 1.82) is 0 Å². The van der Waals surface area contributed by atoms with Crippen LogP contribution in [0.15, 0.2) is 29.0 Å². The highest BCUT2D eigenvalue weighted by Crippen LogP contribution is 2.22. The summed E-state index contributed by atoms with van der Waals surface area (Å²) in [6.07, 6.45) is 0. The van der Waals surface area contributed by atoms with E-state index >= 15 is 0 Å². The number of thiophene rings is 1. The number of aryl methyl sites for hydroxylation is 2. The number of benzene rings is 1. The number of anilines is 1. The van der Waals surface area contributed by atoms with Gasteiger partial charge in [-0.2, -0.15) is 11.3 Å². The van der Waals surface area contributed by atoms with Crippen molar-refractivity contribution in [3.05, 3.63) is 45.6 Å². The molecule has 0 aliphatic rings. The number of hydrogen-bond acceptors (Lipinski definition) is 3. The van der Waals surface area contributed by atoms with E-state index in [0.717, 1.165) is 16.8 Å². The molecule has 2 aromatic rings. The number of nitrogens with one attached hydrogen (secondary N) is 1. The van der Waals surface area contributed by atoms with Crippen molar-refractivity contribution in [2.24, 2.45) is 0 Å². The van der Waals surface area contributed by atoms with Gasteiger partial charge in [-0.1, -0.05) is 0 Å². The van der Waals surface area contributed by atoms with E-state index in [1.807, 2.05) is 24.6 Å². The average molecular weight is 247 g/mol. The highest BCUT2D eigenvalue weighted by molar-refractivity contribution is 7.08. The summed E-state index contributed by atoms with van der Waals surface area (Å²) >= 11 is 1.51. The Bertz CT molecular complexity index is 560. The van der Waals surface area contributed by atoms with Crippen LogP contribution < -0.4 is 5.32 Å². The molecule has 3 nitrogen and oxygen atoms in total. The molecule has 0 saturated carbocycles. The molecule has 4 heteroatoms. The van der Waals surface area contributed by atoms with Crippen LogP contribution in [0.1, 0.15) is 21.5 Å². The molecule has 1 aromatic carbocycles. The Morgan fingerprint density at radius 2 is 2.00 bits per heavy atom. The predicted molar refractivity (Wildman–Crippen MR) is 69.9 cm³/mol. The second-order valence-corrected chi connectivity index (χ2v) is 4.67. The van der Waals surface area contributed by atoms with Gasteiger partial charge >= 0.3 is 0 Å². The smallest absolute Gasteiger partial charge is 0.256 e. The van der Waals surface area contributed by atoms with Crippen LogP contribution in [0.3, 0.4) is 0 Å². The summed E-state index contributed by atoms with van der Waals surface area (Å²) in [5.74, 6) is 0.0877. The monoisotopic (exact) mass is 247 g/mol. The fourth-order valence-corrected chi connectivity index (χ4v) is 2.40. The van der Waals surface area contributed by atoms with E-state index in [1.165, 1.54) is 11.3 Å². The van der Waals surface area contributed by atoms with Crippen molar-refractivity contribution >= 4 is 22.9 Å². The van der Waals surface area contributed by atoms with Crippen molar-refractivity contribution in [2.45, 2.75) is 13.8 Å². The van der Waals surface area contributed by atoms with Gasteiger partial charge in [0, 0.05) is 11.1 Å². The Morgan fingerprint density at radius 1 is 1.24 bits per heavy atom. The molecular weight excluding hydrogens is 234 g/mol. The Kier molecular flexibility index (Phi) is 3.15. The molecule has 0 aliphatic heterocycles. The molecule has 0 atom stereocenters. The van der Waals surface area contributed by atoms with E-state index in [9.17, 15) is 9.90 Å². The van der Waals surface area contributed by atoms with Gasteiger partial charge in [-0.25, -0.2) is 0 Å². The van der Waals surface area contributed by atoms with Gasteiger partial charge in [0.05, 0.1) is 5.56 Å². The van der Waals surface area contributed by atoms with Gasteiger partial charge in [0.15, 0.2) is 0 Å². The number of carbonyl (C=O) groups excluding carboxylic acids is 1. The third kappa shape index (κ3) is 2.47. The minimum atomic E-state index is -0.113. The zero-order valence-corrected chi connectivity index (χ0v) is 10.5. The number of aromatic hydroxyl groups is 1. The number of phenols is 1. The maximum atomic E-state index is 12.0. The Morgan fingerprint density at radius 3 is 2.59 bits per heavy atom. The first-order valence-electron chi connectivity index (χ1n) is 5.21. The molecular formula is C13H13NO2S. The number of hydrogen-bond donors (Lipinski definition) is 2. The van der Waals surface area contributed by atoms with E-state index < -0.39 is 0 Å². The van der Waals surface area contributed by atoms with Crippen LogP contribution in [0.5, 0.6) is 5.75 Å². The molecule has 0 fully saturated rings. The van der Waals surface area contributed by atoms with Gasteiger partial charge in [0.1, 0.15) is 5.75 Å². The Hall–Kier alpha value is -1.81. The molecule has 1 aromatic heterocycles. The van der Waals surface area contributed by atoms with Crippen LogP contribution in [0.25, 0.3) is 0 Å². The summed E-state index contributed by atoms with van der Waals surface area (Å²) in [7, 11) is 0. The molecule has 0 spiro atoms. The van der Waals surface area contributed by atoms with Crippen molar-refractivity contribution in [3.8, 4) is 5.75 Å². The van der Waals surface area contributed by atoms with E-state index in [1.54, 1.807) is 18.2 Å². The standard InChI is InChI=1S/C13H13NO2S/c1-8-5-10(15)3-4-12(8)14-13(16)11-7-17-6-9(11)2/h3-7,15H,1-2H3,(H,14,16). The topological polar surface area (TPSA) is 49.3 Å². The van der Waals surface area contributed by atoms with Gasteiger partial charge in [0.2, 0.25) is 0 Å². The maximum absolute atomic E-state index is 12.0. The van der Waals surface area contributed by atoms with Crippen LogP contribution in [0.4, 0.5) is 5.69 Å². The highest BCUT2D eigenvalue weighted by atomic mass is 32.1. The number of amides is 1. The summed E-state index contributed by atoms with van der Waals surface area (Å²) in [4.78, 5) is 12.0. The summed E-state index contributed by atoms with van der Waals surface area (Å²) < 4.78 is 0. The molecule has 1 heterocycles. The molecule has 17 heavy (non-hydrogen) atoms. The van der Waals surface area contributed by atoms with Crippen LogP contribution in [0, 0.1) is 13.8 Å². The number of phenolic OH excluding ortho intramolecular Hbond substituents is 1. The lowest BCUT2D eigenvalue weighted by atomic mass is 10.1. The lowest BCUT2D eigenvalue weighted by molar-refractivity contribution is 0.102. The first-order valence-corrected chi connectivity index (χ1v) is 6.16. The first-order chi connectivity index (χ1) is 8.08. The molecule has 0 unspecified atom stereocenters. The average Bonchev–Trinajstić information content (AvgIpc) is 2.68. The minimum absolute atomic E-state index is 0.113. The van der Waals surface area contributed by atoms with Crippen LogP contribution in [0.2, 0.25) is 0 Å². The summed E-state index contributed by atoms with van der Waals surface area (Å²) in [5.41, 5.74) is 3.23. The molecule has 1 amide bonds. The van der Waals surface area contributed by atoms with Crippen LogP contribution >= 0.6 is 11.3 Å². The third-order valence-electron chi connectivity index (χ3n) is 2.56. The maximum Gasteiger partial charge on any atom is 0.256 e. The van der Waals surface area contributed by atoms with Crippen molar-refractivity contribution in [2.75, 3.05) is 5.32 Å². The van der Waals surface area contributed by atoms with Crippen LogP contribution in [-0.2, 0) is 0 Å². The lowest BCUT2D eigenvalue weighted by Gasteiger charge is -2.08. The van der Waals surface area contributed by atoms with Gasteiger partial charge in [-0.15, -0.1) is 0 Å². The highest BCUT2D eigenvalue weighted by Gasteiger charge is 2.11. The lowest BCUT2D eigenvalue weighted by Crippen LogP contribution is -2.12. The zero-order chi connectivity index (χ0) is 12.4. The molecule has 2 N–H and O–H groups in total. The van der Waals surface area contributed by atoms with Gasteiger partial charge in [-0.05, 0) is 48.6 Å². The van der Waals surface area contributed by atoms with Crippen molar-refractivity contribution in [1.82, 2.24) is 0 Å². The predicted octanol–water partition coefficient (Wildman–Crippen LogP) is 3.32. The number of carbonyl (C=O) groups is 1. The largest absolute Gasteiger partial charge is 0.508 e. The fourth-order valence-electron chi connectivity index (χ4n) is 1.57. The molecule has 0 radical (unpaired) electrons. The van der Waals surface area contributed by atoms with Gasteiger partial charge in [0.25, 0.3) is 5.91 Å². The SMILES string of the molecule is Cc1cc(O)ccc1NC(=O)c1cscc1C. The molecule has 88 valence electrons. The first kappa shape index (κ1) is 11.7. The molecule has 0 bridgehead atoms. The van der Waals surface area contributed by atoms with E-state index in [4.69, 9.17) is 0 Å². The molecule has 0 saturated heterocycles. The zero-order valence-electron chi connectivity index (χ0n) is 9.65. The number of rotatable bonds is 2. The minimum Gasteiger partial charge on any atom is -0.508 e. The van der Waals surface area contributed by atoms with Gasteiger partial charge in [-0.3, -0.25) is 4.79 Å². The second kappa shape index (κ2) is 4.59. The van der Waals surface area contributed by atoms with Crippen molar-refractivity contribution in [3.63, 3.8) is 0 Å². The Balaban J connectivity index is 2.22. The second-order valence-electron chi connectivity index (χ2n) is 3.92. The normalized spacial score (nSPS) is 10.2. The van der Waals surface area contributed by atoms with Crippen LogP contribution in [-0.4, -0.2) is 11.0 Å². The summed E-state index contributed by atoms with van der Waals surface area (Å²) in [5, 5.41) is 15.9. The summed E-state index contributed by atoms with van der Waals surface area (Å²) in [6.45, 7) is 3.75. The quantitative estimate of drug-likeness (QED) is 0.800. The fraction of sp³-hybridized carbons (Fsp3) is 0.154. The Labute approximate surface area is 104 Å². The van der Waals surface area contributed by atoms with Crippen molar-refractivity contribution < 1.29 is 9.90 Å². The van der Waals surface area contributed by atoms with Gasteiger partial charge < -0.3 is 10.4 Å². The third-order valence-corrected chi connectivity index (χ3v) is 3.42. The molecule has 0 aliphatic carbocycles. The summed E-state index contributed by atoms with van der Waals surface area (Å²) in [6, 6.07) is 4.88. The van der Waals surface area contributed by atoms with E-state index in [2.05, 4.69) is 5.32 Å². The molecule has 2 rings (SSSR count). The van der Waals surface area contributed by atoms with E-state index in [0.29, 0.717) is 5.56 Å². The van der Waals surface area contributed by atoms with E-state index in [-0.39, 0.29) is 11.7 Å².